The number of carbonyl (C=O) groups is 2. The lowest BCUT2D eigenvalue weighted by molar-refractivity contribution is 0.171. The fraction of sp³-hybridized carbons (Fsp3) is 0.385. The van der Waals surface area contributed by atoms with Crippen LogP contribution < -0.4 is 10.1 Å². The van der Waals surface area contributed by atoms with E-state index in [0.717, 1.165) is 0 Å². The first-order chi connectivity index (χ1) is 9.43. The van der Waals surface area contributed by atoms with Gasteiger partial charge in [0.15, 0.2) is 0 Å². The fourth-order valence-corrected chi connectivity index (χ4v) is 1.59. The summed E-state index contributed by atoms with van der Waals surface area (Å²) >= 11 is 0. The van der Waals surface area contributed by atoms with Gasteiger partial charge in [0, 0.05) is 20.7 Å². The first-order valence-corrected chi connectivity index (χ1v) is 6.03. The van der Waals surface area contributed by atoms with Crippen molar-refractivity contribution >= 4 is 12.2 Å². The predicted molar refractivity (Wildman–Crippen MR) is 71.8 cm³/mol. The zero-order chi connectivity index (χ0) is 15.1. The zero-order valence-corrected chi connectivity index (χ0v) is 11.4. The average molecular weight is 282 g/mol. The molecule has 0 aliphatic carbocycles. The lowest BCUT2D eigenvalue weighted by atomic mass is 10.0. The van der Waals surface area contributed by atoms with E-state index in [-0.39, 0.29) is 13.0 Å². The Morgan fingerprint density at radius 2 is 2.10 bits per heavy atom. The Labute approximate surface area is 116 Å². The maximum absolute atomic E-state index is 11.5. The van der Waals surface area contributed by atoms with Gasteiger partial charge < -0.3 is 25.2 Å². The maximum Gasteiger partial charge on any atom is 0.414 e. The summed E-state index contributed by atoms with van der Waals surface area (Å²) in [5.74, 6) is 0.316. The number of ether oxygens (including phenoxy) is 1. The zero-order valence-electron chi connectivity index (χ0n) is 11.4. The van der Waals surface area contributed by atoms with Gasteiger partial charge >= 0.3 is 12.2 Å². The number of rotatable bonds is 5. The van der Waals surface area contributed by atoms with E-state index in [1.165, 1.54) is 4.90 Å². The third-order valence-electron chi connectivity index (χ3n) is 2.55. The lowest BCUT2D eigenvalue weighted by Crippen LogP contribution is -2.28. The van der Waals surface area contributed by atoms with E-state index in [4.69, 9.17) is 14.9 Å². The average Bonchev–Trinajstić information content (AvgIpc) is 2.38. The van der Waals surface area contributed by atoms with E-state index in [0.29, 0.717) is 11.3 Å². The molecule has 0 saturated heterocycles. The number of amides is 2. The highest BCUT2D eigenvalue weighted by molar-refractivity contribution is 5.70. The second kappa shape index (κ2) is 7.34. The second-order valence-corrected chi connectivity index (χ2v) is 4.35. The molecule has 0 aromatic heterocycles. The number of aliphatic hydroxyl groups excluding tert-OH is 1. The number of nitrogens with one attached hydrogen (secondary N) is 1. The van der Waals surface area contributed by atoms with Gasteiger partial charge in [-0.05, 0) is 24.1 Å². The molecule has 0 aliphatic rings. The first kappa shape index (κ1) is 15.8. The van der Waals surface area contributed by atoms with Crippen molar-refractivity contribution in [3.63, 3.8) is 0 Å². The lowest BCUT2D eigenvalue weighted by Gasteiger charge is -2.17. The van der Waals surface area contributed by atoms with Gasteiger partial charge in [-0.1, -0.05) is 12.1 Å². The molecule has 1 rings (SSSR count). The van der Waals surface area contributed by atoms with Gasteiger partial charge in [-0.2, -0.15) is 0 Å². The molecular weight excluding hydrogens is 264 g/mol. The van der Waals surface area contributed by atoms with E-state index in [2.05, 4.69) is 5.32 Å². The van der Waals surface area contributed by atoms with Crippen LogP contribution in [0.1, 0.15) is 18.0 Å². The number of nitrogens with zero attached hydrogens (tertiary/aromatic N) is 1. The van der Waals surface area contributed by atoms with Crippen molar-refractivity contribution in [1.82, 2.24) is 10.2 Å². The van der Waals surface area contributed by atoms with Crippen LogP contribution in [0.5, 0.6) is 5.75 Å². The summed E-state index contributed by atoms with van der Waals surface area (Å²) in [4.78, 5) is 23.5. The van der Waals surface area contributed by atoms with E-state index >= 15 is 0 Å². The van der Waals surface area contributed by atoms with Crippen LogP contribution in [0.25, 0.3) is 0 Å². The third kappa shape index (κ3) is 4.77. The summed E-state index contributed by atoms with van der Waals surface area (Å²) in [6, 6.07) is 5.96. The van der Waals surface area contributed by atoms with Crippen molar-refractivity contribution in [3.05, 3.63) is 29.8 Å². The van der Waals surface area contributed by atoms with Crippen molar-refractivity contribution < 1.29 is 24.5 Å². The van der Waals surface area contributed by atoms with E-state index in [1.807, 2.05) is 0 Å². The molecule has 1 aromatic rings. The van der Waals surface area contributed by atoms with Crippen molar-refractivity contribution in [3.8, 4) is 5.75 Å². The molecule has 0 aliphatic heterocycles. The molecule has 0 saturated carbocycles. The highest BCUT2D eigenvalue weighted by Crippen LogP contribution is 2.22. The largest absolute Gasteiger partial charge is 0.465 e. The molecule has 7 nitrogen and oxygen atoms in total. The Balaban J connectivity index is 2.88. The van der Waals surface area contributed by atoms with Crippen molar-refractivity contribution in [1.29, 1.82) is 0 Å². The minimum absolute atomic E-state index is 0.160. The quantitative estimate of drug-likeness (QED) is 0.759. The van der Waals surface area contributed by atoms with Crippen LogP contribution in [0.15, 0.2) is 24.3 Å². The number of hydrogen-bond acceptors (Lipinski definition) is 4. The van der Waals surface area contributed by atoms with Crippen LogP contribution in [0.4, 0.5) is 9.59 Å². The normalized spacial score (nSPS) is 11.6. The number of benzene rings is 1. The Bertz CT molecular complexity index is 476. The minimum Gasteiger partial charge on any atom is -0.465 e. The molecule has 0 fully saturated rings. The fourth-order valence-electron chi connectivity index (χ4n) is 1.59. The Hall–Kier alpha value is -2.28. The summed E-state index contributed by atoms with van der Waals surface area (Å²) < 4.78 is 5.10. The molecule has 0 spiro atoms. The molecular formula is C13H18N2O5. The highest BCUT2D eigenvalue weighted by atomic mass is 16.6. The molecule has 20 heavy (non-hydrogen) atoms. The molecule has 0 bridgehead atoms. The van der Waals surface area contributed by atoms with Gasteiger partial charge in [0.25, 0.3) is 0 Å². The van der Waals surface area contributed by atoms with Gasteiger partial charge in [0.1, 0.15) is 5.75 Å². The SMILES string of the molecule is CN(C)C(=O)Oc1cccc([C@@H](CCO)NC(=O)O)c1. The van der Waals surface area contributed by atoms with Gasteiger partial charge in [-0.25, -0.2) is 9.59 Å². The van der Waals surface area contributed by atoms with Crippen LogP contribution >= 0.6 is 0 Å². The monoisotopic (exact) mass is 282 g/mol. The predicted octanol–water partition coefficient (Wildman–Crippen LogP) is 1.44. The molecule has 1 aromatic carbocycles. The Kier molecular flexibility index (Phi) is 5.79. The van der Waals surface area contributed by atoms with E-state index in [1.54, 1.807) is 38.4 Å². The standard InChI is InChI=1S/C13H18N2O5/c1-15(2)13(19)20-10-5-3-4-9(8-10)11(6-7-16)14-12(17)18/h3-5,8,11,14,16H,6-7H2,1-2H3,(H,17,18)/t11-/m1/s1. The molecule has 0 heterocycles. The molecule has 1 atom stereocenters. The molecule has 110 valence electrons. The number of carbonyl (C=O) groups excluding carboxylic acids is 1. The summed E-state index contributed by atoms with van der Waals surface area (Å²) in [6.07, 6.45) is -1.47. The smallest absolute Gasteiger partial charge is 0.414 e. The molecule has 2 amide bonds. The second-order valence-electron chi connectivity index (χ2n) is 4.35. The van der Waals surface area contributed by atoms with Gasteiger partial charge in [0.2, 0.25) is 0 Å². The Morgan fingerprint density at radius 1 is 1.40 bits per heavy atom. The Morgan fingerprint density at radius 3 is 2.65 bits per heavy atom. The summed E-state index contributed by atoms with van der Waals surface area (Å²) in [7, 11) is 3.12. The van der Waals surface area contributed by atoms with Crippen LogP contribution in [0, 0.1) is 0 Å². The molecule has 0 unspecified atom stereocenters. The summed E-state index contributed by atoms with van der Waals surface area (Å²) in [5.41, 5.74) is 0.616. The minimum atomic E-state index is -1.18. The van der Waals surface area contributed by atoms with Crippen LogP contribution in [0.3, 0.4) is 0 Å². The van der Waals surface area contributed by atoms with Crippen molar-refractivity contribution in [2.45, 2.75) is 12.5 Å². The number of hydrogen-bond donors (Lipinski definition) is 3. The van der Waals surface area contributed by atoms with Gasteiger partial charge in [-0.15, -0.1) is 0 Å². The summed E-state index contributed by atoms with van der Waals surface area (Å²) in [6.45, 7) is -0.160. The van der Waals surface area contributed by atoms with Gasteiger partial charge in [-0.3, -0.25) is 0 Å². The topological polar surface area (TPSA) is 99.1 Å². The maximum atomic E-state index is 11.5. The van der Waals surface area contributed by atoms with Gasteiger partial charge in [0.05, 0.1) is 6.04 Å². The first-order valence-electron chi connectivity index (χ1n) is 6.03. The molecule has 0 radical (unpaired) electrons. The molecule has 3 N–H and O–H groups in total. The van der Waals surface area contributed by atoms with Crippen LogP contribution in [0.2, 0.25) is 0 Å². The highest BCUT2D eigenvalue weighted by Gasteiger charge is 2.15. The summed E-state index contributed by atoms with van der Waals surface area (Å²) in [5, 5.41) is 20.1. The van der Waals surface area contributed by atoms with E-state index < -0.39 is 18.2 Å². The van der Waals surface area contributed by atoms with Crippen molar-refractivity contribution in [2.24, 2.45) is 0 Å². The van der Waals surface area contributed by atoms with E-state index in [9.17, 15) is 9.59 Å². The number of aliphatic hydroxyl groups is 1. The van der Waals surface area contributed by atoms with Crippen LogP contribution in [-0.4, -0.2) is 48.0 Å². The number of carboxylic acid groups (broad SMARTS) is 1. The van der Waals surface area contributed by atoms with Crippen molar-refractivity contribution in [2.75, 3.05) is 20.7 Å². The third-order valence-corrected chi connectivity index (χ3v) is 2.55. The molecule has 7 heteroatoms. The van der Waals surface area contributed by atoms with Crippen LogP contribution in [-0.2, 0) is 0 Å².